The van der Waals surface area contributed by atoms with Crippen molar-refractivity contribution in [2.75, 3.05) is 18.0 Å². The van der Waals surface area contributed by atoms with E-state index in [0.29, 0.717) is 41.6 Å². The van der Waals surface area contributed by atoms with E-state index < -0.39 is 0 Å². The zero-order valence-electron chi connectivity index (χ0n) is 19.7. The first-order valence-electron chi connectivity index (χ1n) is 11.9. The van der Waals surface area contributed by atoms with Crippen LogP contribution in [0.25, 0.3) is 11.2 Å². The van der Waals surface area contributed by atoms with Crippen LogP contribution >= 0.6 is 11.6 Å². The number of hydrogen-bond acceptors (Lipinski definition) is 5. The number of nitrogens with zero attached hydrogens (tertiary/aromatic N) is 5. The minimum Gasteiger partial charge on any atom is -0.341 e. The van der Waals surface area contributed by atoms with Crippen molar-refractivity contribution in [1.29, 1.82) is 0 Å². The van der Waals surface area contributed by atoms with Crippen LogP contribution in [0.1, 0.15) is 24.0 Å². The molecule has 0 saturated carbocycles. The molecule has 0 bridgehead atoms. The lowest BCUT2D eigenvalue weighted by Gasteiger charge is -2.32. The van der Waals surface area contributed by atoms with Gasteiger partial charge in [0.25, 0.3) is 5.56 Å². The Morgan fingerprint density at radius 1 is 1.06 bits per heavy atom. The summed E-state index contributed by atoms with van der Waals surface area (Å²) in [6, 6.07) is 17.4. The van der Waals surface area contributed by atoms with Gasteiger partial charge in [0, 0.05) is 37.7 Å². The fourth-order valence-corrected chi connectivity index (χ4v) is 5.02. The maximum atomic E-state index is 13.8. The molecule has 2 N–H and O–H groups in total. The van der Waals surface area contributed by atoms with Crippen LogP contribution in [0.15, 0.2) is 64.2 Å². The van der Waals surface area contributed by atoms with E-state index in [0.717, 1.165) is 30.5 Å². The van der Waals surface area contributed by atoms with Gasteiger partial charge < -0.3 is 10.6 Å². The van der Waals surface area contributed by atoms with Crippen LogP contribution in [0.3, 0.4) is 0 Å². The second kappa shape index (κ2) is 9.71. The fraction of sp³-hybridized carbons (Fsp3) is 0.346. The summed E-state index contributed by atoms with van der Waals surface area (Å²) in [4.78, 5) is 33.9. The van der Waals surface area contributed by atoms with E-state index in [1.54, 1.807) is 7.05 Å². The van der Waals surface area contributed by atoms with E-state index in [4.69, 9.17) is 22.3 Å². The third kappa shape index (κ3) is 4.51. The number of halogens is 1. The number of fused-ring (bicyclic) bond motifs is 1. The Labute approximate surface area is 208 Å². The molecule has 2 aromatic carbocycles. The molecule has 0 radical (unpaired) electrons. The lowest BCUT2D eigenvalue weighted by atomic mass is 10.1. The van der Waals surface area contributed by atoms with Crippen LogP contribution in [0, 0.1) is 0 Å². The Morgan fingerprint density at radius 2 is 1.80 bits per heavy atom. The number of aryl methyl sites for hydroxylation is 2. The summed E-state index contributed by atoms with van der Waals surface area (Å²) in [5, 5.41) is 0.616. The quantitative estimate of drug-likeness (QED) is 0.447. The molecule has 3 heterocycles. The smallest absolute Gasteiger partial charge is 0.332 e. The van der Waals surface area contributed by atoms with Gasteiger partial charge in [-0.25, -0.2) is 4.79 Å². The average Bonchev–Trinajstić information content (AvgIpc) is 3.24. The Balaban J connectivity index is 1.67. The molecule has 9 heteroatoms. The van der Waals surface area contributed by atoms with Gasteiger partial charge in [0.15, 0.2) is 11.2 Å². The molecule has 182 valence electrons. The molecule has 1 fully saturated rings. The van der Waals surface area contributed by atoms with Crippen LogP contribution in [0.2, 0.25) is 5.02 Å². The molecule has 1 atom stereocenters. The monoisotopic (exact) mass is 492 g/mol. The predicted molar refractivity (Wildman–Crippen MR) is 139 cm³/mol. The summed E-state index contributed by atoms with van der Waals surface area (Å²) in [6.45, 7) is 2.08. The number of imidazole rings is 1. The van der Waals surface area contributed by atoms with E-state index in [-0.39, 0.29) is 23.8 Å². The first-order chi connectivity index (χ1) is 16.9. The van der Waals surface area contributed by atoms with Crippen LogP contribution in [-0.2, 0) is 26.6 Å². The molecule has 35 heavy (non-hydrogen) atoms. The molecular formula is C26H29ClN6O2. The topological polar surface area (TPSA) is 91.1 Å². The molecule has 5 rings (SSSR count). The minimum atomic E-state index is -0.372. The van der Waals surface area contributed by atoms with E-state index in [2.05, 4.69) is 4.90 Å². The van der Waals surface area contributed by atoms with Crippen LogP contribution in [0.5, 0.6) is 0 Å². The highest BCUT2D eigenvalue weighted by Gasteiger charge is 2.26. The van der Waals surface area contributed by atoms with Gasteiger partial charge in [0.1, 0.15) is 0 Å². The Bertz CT molecular complexity index is 1470. The lowest BCUT2D eigenvalue weighted by Crippen LogP contribution is -2.44. The van der Waals surface area contributed by atoms with Gasteiger partial charge in [0.2, 0.25) is 5.95 Å². The Kier molecular flexibility index (Phi) is 6.49. The van der Waals surface area contributed by atoms with Crippen molar-refractivity contribution in [1.82, 2.24) is 18.7 Å². The number of rotatable bonds is 6. The number of anilines is 1. The maximum Gasteiger partial charge on any atom is 0.332 e. The van der Waals surface area contributed by atoms with E-state index in [9.17, 15) is 9.59 Å². The number of piperidine rings is 1. The molecule has 1 saturated heterocycles. The minimum absolute atomic E-state index is 0.0312. The van der Waals surface area contributed by atoms with Gasteiger partial charge in [-0.2, -0.15) is 4.98 Å². The van der Waals surface area contributed by atoms with Crippen molar-refractivity contribution in [3.05, 3.63) is 91.6 Å². The summed E-state index contributed by atoms with van der Waals surface area (Å²) in [7, 11) is 1.67. The summed E-state index contributed by atoms with van der Waals surface area (Å²) >= 11 is 6.49. The molecule has 1 aliphatic heterocycles. The average molecular weight is 493 g/mol. The van der Waals surface area contributed by atoms with Gasteiger partial charge in [-0.15, -0.1) is 0 Å². The zero-order chi connectivity index (χ0) is 24.5. The second-order valence-electron chi connectivity index (χ2n) is 9.14. The third-order valence-electron chi connectivity index (χ3n) is 6.71. The molecule has 0 spiro atoms. The largest absolute Gasteiger partial charge is 0.341 e. The highest BCUT2D eigenvalue weighted by atomic mass is 35.5. The normalized spacial score (nSPS) is 16.2. The SMILES string of the molecule is Cn1c(=O)n(CCc2ccccc2)c(=O)c2c1nc(N1CCC[C@@H](N)C1)n2Cc1ccccc1Cl. The summed E-state index contributed by atoms with van der Waals surface area (Å²) < 4.78 is 4.68. The van der Waals surface area contributed by atoms with Crippen molar-refractivity contribution < 1.29 is 0 Å². The van der Waals surface area contributed by atoms with Gasteiger partial charge >= 0.3 is 5.69 Å². The van der Waals surface area contributed by atoms with Crippen molar-refractivity contribution in [3.8, 4) is 0 Å². The molecule has 8 nitrogen and oxygen atoms in total. The van der Waals surface area contributed by atoms with Gasteiger partial charge in [-0.05, 0) is 36.5 Å². The zero-order valence-corrected chi connectivity index (χ0v) is 20.5. The predicted octanol–water partition coefficient (Wildman–Crippen LogP) is 2.77. The van der Waals surface area contributed by atoms with Crippen LogP contribution < -0.4 is 21.9 Å². The first-order valence-corrected chi connectivity index (χ1v) is 12.3. The molecule has 0 aliphatic carbocycles. The van der Waals surface area contributed by atoms with Gasteiger partial charge in [0.05, 0.1) is 6.54 Å². The van der Waals surface area contributed by atoms with Crippen molar-refractivity contribution in [3.63, 3.8) is 0 Å². The summed E-state index contributed by atoms with van der Waals surface area (Å²) in [6.07, 6.45) is 2.47. The first kappa shape index (κ1) is 23.4. The van der Waals surface area contributed by atoms with E-state index in [1.807, 2.05) is 59.2 Å². The number of benzene rings is 2. The second-order valence-corrected chi connectivity index (χ2v) is 9.55. The van der Waals surface area contributed by atoms with Crippen molar-refractivity contribution >= 4 is 28.7 Å². The van der Waals surface area contributed by atoms with Crippen molar-refractivity contribution in [2.45, 2.75) is 38.4 Å². The maximum absolute atomic E-state index is 13.8. The third-order valence-corrected chi connectivity index (χ3v) is 7.07. The highest BCUT2D eigenvalue weighted by Crippen LogP contribution is 2.26. The molecule has 1 aliphatic rings. The molecule has 0 unspecified atom stereocenters. The number of aromatic nitrogens is 4. The Morgan fingerprint density at radius 3 is 2.54 bits per heavy atom. The van der Waals surface area contributed by atoms with Gasteiger partial charge in [-0.1, -0.05) is 60.1 Å². The van der Waals surface area contributed by atoms with Crippen molar-refractivity contribution in [2.24, 2.45) is 12.8 Å². The number of nitrogens with two attached hydrogens (primary N) is 1. The van der Waals surface area contributed by atoms with Crippen LogP contribution in [-0.4, -0.2) is 37.8 Å². The molecule has 0 amide bonds. The summed E-state index contributed by atoms with van der Waals surface area (Å²) in [5.41, 5.74) is 8.26. The van der Waals surface area contributed by atoms with E-state index in [1.165, 1.54) is 9.13 Å². The molecule has 4 aromatic rings. The standard InChI is InChI=1S/C26H29ClN6O2/c1-30-23-22(24(34)32(26(30)35)15-13-18-8-3-2-4-9-18)33(16-19-10-5-6-12-21(19)27)25(29-23)31-14-7-11-20(28)17-31/h2-6,8-10,12,20H,7,11,13-17,28H2,1H3/t20-/m1/s1. The molecular weight excluding hydrogens is 464 g/mol. The lowest BCUT2D eigenvalue weighted by molar-refractivity contribution is 0.495. The van der Waals surface area contributed by atoms with E-state index >= 15 is 0 Å². The highest BCUT2D eigenvalue weighted by molar-refractivity contribution is 6.31. The van der Waals surface area contributed by atoms with Gasteiger partial charge in [-0.3, -0.25) is 18.5 Å². The summed E-state index contributed by atoms with van der Waals surface area (Å²) in [5.74, 6) is 0.642. The number of hydrogen-bond donors (Lipinski definition) is 1. The fourth-order valence-electron chi connectivity index (χ4n) is 4.82. The Hall–Kier alpha value is -3.36. The van der Waals surface area contributed by atoms with Crippen LogP contribution in [0.4, 0.5) is 5.95 Å². The molecule has 2 aromatic heterocycles.